The van der Waals surface area contributed by atoms with Crippen molar-refractivity contribution in [2.45, 2.75) is 25.8 Å². The Balaban J connectivity index is 1.97. The Labute approximate surface area is 131 Å². The molecule has 0 atom stereocenters. The number of hydrogen-bond donors (Lipinski definition) is 0. The Hall–Kier alpha value is -1.90. The number of hydrogen-bond acceptors (Lipinski definition) is 4. The maximum absolute atomic E-state index is 9.05. The van der Waals surface area contributed by atoms with Gasteiger partial charge in [-0.25, -0.2) is 9.97 Å². The van der Waals surface area contributed by atoms with Crippen molar-refractivity contribution < 1.29 is 0 Å². The number of nitriles is 1. The van der Waals surface area contributed by atoms with Crippen LogP contribution in [0.5, 0.6) is 0 Å². The van der Waals surface area contributed by atoms with E-state index >= 15 is 0 Å². The number of benzene rings is 1. The van der Waals surface area contributed by atoms with E-state index in [2.05, 4.69) is 26.0 Å². The molecule has 0 N–H and O–H groups in total. The Bertz CT molecular complexity index is 828. The van der Waals surface area contributed by atoms with Crippen molar-refractivity contribution in [1.82, 2.24) is 14.5 Å². The summed E-state index contributed by atoms with van der Waals surface area (Å²) in [6.45, 7) is 2.76. The molecule has 0 spiro atoms. The smallest absolute Gasteiger partial charge is 0.124 e. The lowest BCUT2D eigenvalue weighted by molar-refractivity contribution is 0.685. The fraction of sp³-hybridized carbons (Fsp3) is 0.267. The number of thiazole rings is 1. The summed E-state index contributed by atoms with van der Waals surface area (Å²) in [5.74, 6) is 1.18. The first-order valence-corrected chi connectivity index (χ1v) is 7.99. The summed E-state index contributed by atoms with van der Waals surface area (Å²) in [4.78, 5) is 9.01. The largest absolute Gasteiger partial charge is 0.327 e. The predicted molar refractivity (Wildman–Crippen MR) is 84.6 cm³/mol. The van der Waals surface area contributed by atoms with Gasteiger partial charge in [0.05, 0.1) is 33.6 Å². The van der Waals surface area contributed by atoms with Gasteiger partial charge in [-0.3, -0.25) is 0 Å². The van der Waals surface area contributed by atoms with E-state index in [9.17, 15) is 0 Å². The number of aryl methyl sites for hydroxylation is 3. The summed E-state index contributed by atoms with van der Waals surface area (Å²) in [5, 5.41) is 12.2. The zero-order chi connectivity index (χ0) is 14.8. The van der Waals surface area contributed by atoms with Crippen molar-refractivity contribution in [1.29, 1.82) is 5.26 Å². The fourth-order valence-corrected chi connectivity index (χ4v) is 3.29. The summed E-state index contributed by atoms with van der Waals surface area (Å²) in [7, 11) is 0. The SMILES string of the molecule is Cc1csc(CCn2c(CCl)nc3ccc(C#N)cc32)n1. The molecular weight excluding hydrogens is 304 g/mol. The fourth-order valence-electron chi connectivity index (χ4n) is 2.32. The minimum atomic E-state index is 0.355. The molecule has 3 aromatic rings. The van der Waals surface area contributed by atoms with Gasteiger partial charge in [0.2, 0.25) is 0 Å². The molecule has 4 nitrogen and oxygen atoms in total. The number of nitrogens with zero attached hydrogens (tertiary/aromatic N) is 4. The first-order chi connectivity index (χ1) is 10.2. The average Bonchev–Trinajstić information content (AvgIpc) is 3.07. The topological polar surface area (TPSA) is 54.5 Å². The Morgan fingerprint density at radius 2 is 2.24 bits per heavy atom. The van der Waals surface area contributed by atoms with E-state index in [1.807, 2.05) is 19.1 Å². The molecule has 0 saturated carbocycles. The van der Waals surface area contributed by atoms with Gasteiger partial charge in [0, 0.05) is 24.0 Å². The number of imidazole rings is 1. The Morgan fingerprint density at radius 1 is 1.38 bits per heavy atom. The molecule has 0 saturated heterocycles. The first kappa shape index (κ1) is 14.1. The quantitative estimate of drug-likeness (QED) is 0.690. The number of aromatic nitrogens is 3. The summed E-state index contributed by atoms with van der Waals surface area (Å²) in [6.07, 6.45) is 0.838. The molecule has 6 heteroatoms. The van der Waals surface area contributed by atoms with Crippen LogP contribution in [0.15, 0.2) is 23.6 Å². The van der Waals surface area contributed by atoms with E-state index in [1.54, 1.807) is 17.4 Å². The van der Waals surface area contributed by atoms with E-state index in [0.29, 0.717) is 11.4 Å². The third-order valence-electron chi connectivity index (χ3n) is 3.29. The van der Waals surface area contributed by atoms with Crippen LogP contribution in [-0.4, -0.2) is 14.5 Å². The normalized spacial score (nSPS) is 10.9. The van der Waals surface area contributed by atoms with Crippen molar-refractivity contribution in [3.05, 3.63) is 45.7 Å². The van der Waals surface area contributed by atoms with E-state index in [0.717, 1.165) is 40.5 Å². The van der Waals surface area contributed by atoms with Gasteiger partial charge in [0.1, 0.15) is 5.82 Å². The molecule has 0 bridgehead atoms. The molecule has 0 radical (unpaired) electrons. The van der Waals surface area contributed by atoms with Gasteiger partial charge in [-0.15, -0.1) is 22.9 Å². The van der Waals surface area contributed by atoms with Crippen LogP contribution >= 0.6 is 22.9 Å². The second-order valence-electron chi connectivity index (χ2n) is 4.76. The van der Waals surface area contributed by atoms with Gasteiger partial charge < -0.3 is 4.57 Å². The predicted octanol–water partition coefficient (Wildman–Crippen LogP) is 3.65. The molecule has 106 valence electrons. The molecular formula is C15H13ClN4S. The van der Waals surface area contributed by atoms with E-state index in [1.165, 1.54) is 0 Å². The molecule has 2 heterocycles. The second kappa shape index (κ2) is 5.84. The monoisotopic (exact) mass is 316 g/mol. The zero-order valence-electron chi connectivity index (χ0n) is 11.5. The third-order valence-corrected chi connectivity index (χ3v) is 4.56. The van der Waals surface area contributed by atoms with Crippen LogP contribution in [0.4, 0.5) is 0 Å². The molecule has 0 fully saturated rings. The third kappa shape index (κ3) is 2.78. The lowest BCUT2D eigenvalue weighted by atomic mass is 10.2. The number of fused-ring (bicyclic) bond motifs is 1. The molecule has 0 aliphatic heterocycles. The molecule has 0 unspecified atom stereocenters. The maximum atomic E-state index is 9.05. The lowest BCUT2D eigenvalue weighted by Crippen LogP contribution is -2.05. The molecule has 0 aliphatic carbocycles. The van der Waals surface area contributed by atoms with Crippen LogP contribution in [0.2, 0.25) is 0 Å². The van der Waals surface area contributed by atoms with Gasteiger partial charge in [0.25, 0.3) is 0 Å². The molecule has 21 heavy (non-hydrogen) atoms. The highest BCUT2D eigenvalue weighted by atomic mass is 35.5. The van der Waals surface area contributed by atoms with Crippen LogP contribution in [0.1, 0.15) is 22.1 Å². The van der Waals surface area contributed by atoms with Crippen LogP contribution in [0, 0.1) is 18.3 Å². The molecule has 2 aromatic heterocycles. The number of alkyl halides is 1. The molecule has 0 amide bonds. The highest BCUT2D eigenvalue weighted by Gasteiger charge is 2.11. The van der Waals surface area contributed by atoms with Crippen molar-refractivity contribution >= 4 is 34.0 Å². The lowest BCUT2D eigenvalue weighted by Gasteiger charge is -2.06. The van der Waals surface area contributed by atoms with Crippen molar-refractivity contribution in [3.63, 3.8) is 0 Å². The zero-order valence-corrected chi connectivity index (χ0v) is 13.1. The molecule has 0 aliphatic rings. The summed E-state index contributed by atoms with van der Waals surface area (Å²) in [6, 6.07) is 7.68. The van der Waals surface area contributed by atoms with Gasteiger partial charge in [-0.1, -0.05) is 0 Å². The van der Waals surface area contributed by atoms with Crippen LogP contribution in [-0.2, 0) is 18.8 Å². The van der Waals surface area contributed by atoms with E-state index in [4.69, 9.17) is 16.9 Å². The van der Waals surface area contributed by atoms with Gasteiger partial charge in [-0.2, -0.15) is 5.26 Å². The number of rotatable bonds is 4. The minimum Gasteiger partial charge on any atom is -0.327 e. The molecule has 1 aromatic carbocycles. The van der Waals surface area contributed by atoms with Crippen molar-refractivity contribution in [2.75, 3.05) is 0 Å². The van der Waals surface area contributed by atoms with Crippen LogP contribution < -0.4 is 0 Å². The van der Waals surface area contributed by atoms with Crippen molar-refractivity contribution in [2.24, 2.45) is 0 Å². The van der Waals surface area contributed by atoms with E-state index < -0.39 is 0 Å². The Kier molecular flexibility index (Phi) is 3.91. The second-order valence-corrected chi connectivity index (χ2v) is 5.97. The van der Waals surface area contributed by atoms with Crippen LogP contribution in [0.25, 0.3) is 11.0 Å². The standard InChI is InChI=1S/C15H13ClN4S/c1-10-9-21-15(18-10)4-5-20-13-6-11(8-17)2-3-12(13)19-14(20)7-16/h2-3,6,9H,4-5,7H2,1H3. The summed E-state index contributed by atoms with van der Waals surface area (Å²) >= 11 is 7.67. The minimum absolute atomic E-state index is 0.355. The Morgan fingerprint density at radius 3 is 2.90 bits per heavy atom. The highest BCUT2D eigenvalue weighted by Crippen LogP contribution is 2.20. The van der Waals surface area contributed by atoms with Gasteiger partial charge in [0.15, 0.2) is 0 Å². The van der Waals surface area contributed by atoms with E-state index in [-0.39, 0.29) is 0 Å². The summed E-state index contributed by atoms with van der Waals surface area (Å²) < 4.78 is 2.08. The maximum Gasteiger partial charge on any atom is 0.124 e. The molecule has 3 rings (SSSR count). The van der Waals surface area contributed by atoms with Crippen LogP contribution in [0.3, 0.4) is 0 Å². The number of halogens is 1. The van der Waals surface area contributed by atoms with Gasteiger partial charge in [-0.05, 0) is 25.1 Å². The highest BCUT2D eigenvalue weighted by molar-refractivity contribution is 7.09. The average molecular weight is 317 g/mol. The van der Waals surface area contributed by atoms with Gasteiger partial charge >= 0.3 is 0 Å². The van der Waals surface area contributed by atoms with Crippen molar-refractivity contribution in [3.8, 4) is 6.07 Å². The first-order valence-electron chi connectivity index (χ1n) is 6.57. The summed E-state index contributed by atoms with van der Waals surface area (Å²) in [5.41, 5.74) is 3.52.